The average molecular weight is 384 g/mol. The molecule has 0 heterocycles. The highest BCUT2D eigenvalue weighted by atomic mass is 16.5. The summed E-state index contributed by atoms with van der Waals surface area (Å²) in [6.45, 7) is 3.96. The first-order valence-electron chi connectivity index (χ1n) is 9.17. The van der Waals surface area contributed by atoms with Crippen LogP contribution in [-0.2, 0) is 12.8 Å². The lowest BCUT2D eigenvalue weighted by Crippen LogP contribution is -2.07. The molecule has 0 saturated carbocycles. The maximum Gasteiger partial charge on any atom is 0.170 e. The molecular weight excluding hydrogens is 356 g/mol. The molecule has 0 aliphatic carbocycles. The number of hydrogen-bond acceptors (Lipinski definition) is 5. The van der Waals surface area contributed by atoms with E-state index >= 15 is 0 Å². The van der Waals surface area contributed by atoms with Crippen molar-refractivity contribution in [2.24, 2.45) is 0 Å². The smallest absolute Gasteiger partial charge is 0.170 e. The summed E-state index contributed by atoms with van der Waals surface area (Å²) < 4.78 is 15.9. The van der Waals surface area contributed by atoms with Gasteiger partial charge in [-0.15, -0.1) is 0 Å². The van der Waals surface area contributed by atoms with E-state index in [4.69, 9.17) is 14.2 Å². The number of Topliss-reactive ketones (excluding diaryl/α,β-unsaturated/α-hetero) is 1. The number of phenolic OH excluding ortho intramolecular Hbond substituents is 1. The number of rotatable bonds is 9. The molecule has 0 atom stereocenters. The van der Waals surface area contributed by atoms with Gasteiger partial charge < -0.3 is 19.3 Å². The molecule has 5 heteroatoms. The number of aryl methyl sites for hydroxylation is 1. The van der Waals surface area contributed by atoms with E-state index in [-0.39, 0.29) is 23.5 Å². The second kappa shape index (κ2) is 9.83. The van der Waals surface area contributed by atoms with E-state index in [1.165, 1.54) is 14.2 Å². The van der Waals surface area contributed by atoms with Gasteiger partial charge in [0.25, 0.3) is 0 Å². The summed E-state index contributed by atoms with van der Waals surface area (Å²) in [5.41, 5.74) is 2.92. The van der Waals surface area contributed by atoms with E-state index < -0.39 is 0 Å². The van der Waals surface area contributed by atoms with Crippen LogP contribution in [0.1, 0.15) is 41.8 Å². The predicted molar refractivity (Wildman–Crippen MR) is 110 cm³/mol. The van der Waals surface area contributed by atoms with E-state index in [1.807, 2.05) is 44.2 Å². The molecular formula is C23H28O5. The van der Waals surface area contributed by atoms with Crippen molar-refractivity contribution in [3.63, 3.8) is 0 Å². The van der Waals surface area contributed by atoms with Crippen molar-refractivity contribution in [2.45, 2.75) is 33.1 Å². The Morgan fingerprint density at radius 1 is 1.00 bits per heavy atom. The van der Waals surface area contributed by atoms with Crippen LogP contribution in [0.3, 0.4) is 0 Å². The van der Waals surface area contributed by atoms with Crippen LogP contribution in [0.2, 0.25) is 0 Å². The second-order valence-corrected chi connectivity index (χ2v) is 6.74. The minimum atomic E-state index is -0.175. The van der Waals surface area contributed by atoms with Crippen LogP contribution >= 0.6 is 0 Å². The molecule has 2 rings (SSSR count). The molecule has 0 bridgehead atoms. The van der Waals surface area contributed by atoms with Gasteiger partial charge in [-0.05, 0) is 44.4 Å². The van der Waals surface area contributed by atoms with E-state index in [1.54, 1.807) is 13.2 Å². The Bertz CT molecular complexity index is 846. The van der Waals surface area contributed by atoms with Gasteiger partial charge in [0.05, 0.1) is 21.3 Å². The third-order valence-corrected chi connectivity index (χ3v) is 4.56. The predicted octanol–water partition coefficient (Wildman–Crippen LogP) is 4.74. The van der Waals surface area contributed by atoms with Crippen LogP contribution in [-0.4, -0.2) is 32.2 Å². The SMILES string of the molecule is COc1ccc(CCC(=O)c2c(OC)cc(OC)c(CC=C(C)C)c2O)cc1. The molecule has 150 valence electrons. The maximum absolute atomic E-state index is 12.9. The highest BCUT2D eigenvalue weighted by molar-refractivity contribution is 6.02. The van der Waals surface area contributed by atoms with Crippen LogP contribution in [0, 0.1) is 0 Å². The van der Waals surface area contributed by atoms with Gasteiger partial charge in [0.2, 0.25) is 0 Å². The number of ketones is 1. The quantitative estimate of drug-likeness (QED) is 0.500. The average Bonchev–Trinajstić information content (AvgIpc) is 2.70. The molecule has 2 aromatic carbocycles. The van der Waals surface area contributed by atoms with Gasteiger partial charge >= 0.3 is 0 Å². The van der Waals surface area contributed by atoms with Crippen LogP contribution in [0.4, 0.5) is 0 Å². The van der Waals surface area contributed by atoms with Crippen LogP contribution in [0.15, 0.2) is 42.0 Å². The molecule has 0 aliphatic rings. The molecule has 0 saturated heterocycles. The largest absolute Gasteiger partial charge is 0.507 e. The molecule has 0 aromatic heterocycles. The molecule has 0 radical (unpaired) electrons. The molecule has 0 unspecified atom stereocenters. The monoisotopic (exact) mass is 384 g/mol. The molecule has 2 aromatic rings. The fourth-order valence-electron chi connectivity index (χ4n) is 2.95. The molecule has 0 spiro atoms. The number of allylic oxidation sites excluding steroid dienone is 2. The number of phenols is 1. The topological polar surface area (TPSA) is 65.0 Å². The second-order valence-electron chi connectivity index (χ2n) is 6.74. The Balaban J connectivity index is 2.31. The molecule has 0 fully saturated rings. The van der Waals surface area contributed by atoms with Crippen LogP contribution in [0.25, 0.3) is 0 Å². The van der Waals surface area contributed by atoms with Gasteiger partial charge in [0.1, 0.15) is 28.6 Å². The van der Waals surface area contributed by atoms with Crippen LogP contribution in [0.5, 0.6) is 23.0 Å². The Kier molecular flexibility index (Phi) is 7.50. The Morgan fingerprint density at radius 3 is 2.18 bits per heavy atom. The first-order valence-corrected chi connectivity index (χ1v) is 9.17. The van der Waals surface area contributed by atoms with Gasteiger partial charge in [-0.3, -0.25) is 4.79 Å². The first-order chi connectivity index (χ1) is 13.4. The minimum absolute atomic E-state index is 0.0755. The molecule has 0 amide bonds. The third-order valence-electron chi connectivity index (χ3n) is 4.56. The van der Waals surface area contributed by atoms with Gasteiger partial charge in [-0.25, -0.2) is 0 Å². The third kappa shape index (κ3) is 5.06. The standard InChI is InChI=1S/C23H28O5/c1-15(2)6-12-18-20(27-4)14-21(28-5)22(23(18)25)19(24)13-9-16-7-10-17(26-3)11-8-16/h6-8,10-11,14,25H,9,12-13H2,1-5H3. The number of methoxy groups -OCH3 is 3. The van der Waals surface area contributed by atoms with E-state index in [2.05, 4.69) is 0 Å². The summed E-state index contributed by atoms with van der Waals surface area (Å²) in [7, 11) is 4.62. The van der Waals surface area contributed by atoms with Crippen molar-refractivity contribution in [2.75, 3.05) is 21.3 Å². The van der Waals surface area contributed by atoms with Crippen LogP contribution < -0.4 is 14.2 Å². The van der Waals surface area contributed by atoms with Gasteiger partial charge in [-0.1, -0.05) is 23.8 Å². The van der Waals surface area contributed by atoms with Gasteiger partial charge in [-0.2, -0.15) is 0 Å². The zero-order valence-electron chi connectivity index (χ0n) is 17.2. The van der Waals surface area contributed by atoms with Crippen molar-refractivity contribution in [3.05, 3.63) is 58.7 Å². The highest BCUT2D eigenvalue weighted by Crippen LogP contribution is 2.40. The molecule has 1 N–H and O–H groups in total. The first kappa shape index (κ1) is 21.4. The minimum Gasteiger partial charge on any atom is -0.507 e. The van der Waals surface area contributed by atoms with Gasteiger partial charge in [0.15, 0.2) is 5.78 Å². The Labute approximate surface area is 166 Å². The summed E-state index contributed by atoms with van der Waals surface area (Å²) in [4.78, 5) is 12.9. The molecule has 28 heavy (non-hydrogen) atoms. The summed E-state index contributed by atoms with van der Waals surface area (Å²) in [5.74, 6) is 1.33. The number of hydrogen-bond donors (Lipinski definition) is 1. The normalized spacial score (nSPS) is 10.3. The van der Waals surface area contributed by atoms with E-state index in [0.717, 1.165) is 16.9 Å². The van der Waals surface area contributed by atoms with Gasteiger partial charge in [0, 0.05) is 18.1 Å². The Morgan fingerprint density at radius 2 is 1.64 bits per heavy atom. The van der Waals surface area contributed by atoms with E-state index in [0.29, 0.717) is 29.9 Å². The fraction of sp³-hybridized carbons (Fsp3) is 0.348. The number of aromatic hydroxyl groups is 1. The summed E-state index contributed by atoms with van der Waals surface area (Å²) in [5, 5.41) is 10.8. The van der Waals surface area contributed by atoms with Crippen molar-refractivity contribution in [1.29, 1.82) is 0 Å². The maximum atomic E-state index is 12.9. The summed E-state index contributed by atoms with van der Waals surface area (Å²) in [6.07, 6.45) is 3.27. The number of carbonyl (C=O) groups excluding carboxylic acids is 1. The lowest BCUT2D eigenvalue weighted by atomic mass is 9.96. The highest BCUT2D eigenvalue weighted by Gasteiger charge is 2.23. The lowest BCUT2D eigenvalue weighted by Gasteiger charge is -2.16. The zero-order valence-corrected chi connectivity index (χ0v) is 17.2. The lowest BCUT2D eigenvalue weighted by molar-refractivity contribution is 0.0977. The number of ether oxygens (including phenoxy) is 3. The van der Waals surface area contributed by atoms with E-state index in [9.17, 15) is 9.90 Å². The van der Waals surface area contributed by atoms with Crippen molar-refractivity contribution >= 4 is 5.78 Å². The summed E-state index contributed by atoms with van der Waals surface area (Å²) in [6, 6.07) is 9.25. The Hall–Kier alpha value is -2.95. The van der Waals surface area contributed by atoms with Crippen molar-refractivity contribution in [1.82, 2.24) is 0 Å². The number of carbonyl (C=O) groups is 1. The van der Waals surface area contributed by atoms with Crippen molar-refractivity contribution < 1.29 is 24.1 Å². The molecule has 5 nitrogen and oxygen atoms in total. The number of benzene rings is 2. The fourth-order valence-corrected chi connectivity index (χ4v) is 2.95. The van der Waals surface area contributed by atoms with Crippen molar-refractivity contribution in [3.8, 4) is 23.0 Å². The zero-order chi connectivity index (χ0) is 20.7. The molecule has 0 aliphatic heterocycles. The summed E-state index contributed by atoms with van der Waals surface area (Å²) >= 11 is 0.